The second-order valence-corrected chi connectivity index (χ2v) is 4.52. The van der Waals surface area contributed by atoms with Crippen molar-refractivity contribution >= 4 is 5.97 Å². The zero-order valence-electron chi connectivity index (χ0n) is 10.8. The molecule has 0 atom stereocenters. The van der Waals surface area contributed by atoms with Crippen LogP contribution in [0.5, 0.6) is 0 Å². The maximum absolute atomic E-state index is 11.6. The number of carbonyl (C=O) groups excluding carboxylic acids is 1. The van der Waals surface area contributed by atoms with Crippen LogP contribution >= 0.6 is 0 Å². The van der Waals surface area contributed by atoms with Crippen LogP contribution in [0.2, 0.25) is 0 Å². The second-order valence-electron chi connectivity index (χ2n) is 4.52. The lowest BCUT2D eigenvalue weighted by Gasteiger charge is -2.03. The molecular formula is C14H15N3O2. The summed E-state index contributed by atoms with van der Waals surface area (Å²) in [5.74, 6) is 0.395. The van der Waals surface area contributed by atoms with E-state index < -0.39 is 0 Å². The topological polar surface area (TPSA) is 57.0 Å². The molecule has 0 unspecified atom stereocenters. The van der Waals surface area contributed by atoms with Crippen LogP contribution in [0.25, 0.3) is 5.82 Å². The summed E-state index contributed by atoms with van der Waals surface area (Å²) in [6.45, 7) is 2.14. The Labute approximate surface area is 111 Å². The zero-order valence-corrected chi connectivity index (χ0v) is 10.8. The maximum atomic E-state index is 11.6. The van der Waals surface area contributed by atoms with Gasteiger partial charge in [-0.3, -0.25) is 0 Å². The minimum atomic E-state index is -0.352. The molecule has 3 rings (SSSR count). The number of aromatic nitrogens is 3. The summed E-state index contributed by atoms with van der Waals surface area (Å²) >= 11 is 0. The van der Waals surface area contributed by atoms with Crippen LogP contribution in [0, 0.1) is 0 Å². The molecule has 0 spiro atoms. The number of carbonyl (C=O) groups is 1. The summed E-state index contributed by atoms with van der Waals surface area (Å²) in [4.78, 5) is 16.2. The molecule has 98 valence electrons. The van der Waals surface area contributed by atoms with Crippen LogP contribution in [-0.2, 0) is 17.6 Å². The van der Waals surface area contributed by atoms with Gasteiger partial charge in [0.2, 0.25) is 0 Å². The summed E-state index contributed by atoms with van der Waals surface area (Å²) in [6, 6.07) is 4.03. The van der Waals surface area contributed by atoms with Gasteiger partial charge >= 0.3 is 5.97 Å². The van der Waals surface area contributed by atoms with E-state index in [1.165, 1.54) is 18.2 Å². The molecular weight excluding hydrogens is 242 g/mol. The molecule has 19 heavy (non-hydrogen) atoms. The normalized spacial score (nSPS) is 13.3. The predicted molar refractivity (Wildman–Crippen MR) is 69.3 cm³/mol. The first-order valence-electron chi connectivity index (χ1n) is 6.49. The standard InChI is InChI=1S/C14H15N3O2/c1-2-19-14(18)11-8-15-17(9-11)13-7-6-10-4-3-5-12(10)16-13/h6-9H,2-5H2,1H3. The van der Waals surface area contributed by atoms with E-state index in [9.17, 15) is 4.79 Å². The second kappa shape index (κ2) is 4.84. The molecule has 5 nitrogen and oxygen atoms in total. The van der Waals surface area contributed by atoms with Crippen molar-refractivity contribution < 1.29 is 9.53 Å². The van der Waals surface area contributed by atoms with Gasteiger partial charge in [0.1, 0.15) is 0 Å². The van der Waals surface area contributed by atoms with Crippen LogP contribution in [0.4, 0.5) is 0 Å². The van der Waals surface area contributed by atoms with Crippen molar-refractivity contribution in [2.24, 2.45) is 0 Å². The van der Waals surface area contributed by atoms with Gasteiger partial charge < -0.3 is 4.74 Å². The highest BCUT2D eigenvalue weighted by molar-refractivity contribution is 5.88. The molecule has 2 aromatic heterocycles. The number of nitrogens with zero attached hydrogens (tertiary/aromatic N) is 3. The third-order valence-electron chi connectivity index (χ3n) is 3.24. The van der Waals surface area contributed by atoms with Crippen LogP contribution in [-0.4, -0.2) is 27.3 Å². The number of pyridine rings is 1. The molecule has 0 saturated carbocycles. The van der Waals surface area contributed by atoms with E-state index in [1.807, 2.05) is 6.07 Å². The highest BCUT2D eigenvalue weighted by Gasteiger charge is 2.15. The van der Waals surface area contributed by atoms with E-state index in [-0.39, 0.29) is 5.97 Å². The van der Waals surface area contributed by atoms with Gasteiger partial charge in [0.05, 0.1) is 18.4 Å². The van der Waals surface area contributed by atoms with Crippen molar-refractivity contribution in [1.82, 2.24) is 14.8 Å². The number of aryl methyl sites for hydroxylation is 2. The number of esters is 1. The van der Waals surface area contributed by atoms with Crippen molar-refractivity contribution in [3.8, 4) is 5.82 Å². The molecule has 0 radical (unpaired) electrons. The summed E-state index contributed by atoms with van der Waals surface area (Å²) in [7, 11) is 0. The van der Waals surface area contributed by atoms with Crippen LogP contribution < -0.4 is 0 Å². The molecule has 2 aromatic rings. The lowest BCUT2D eigenvalue weighted by atomic mass is 10.2. The Morgan fingerprint density at radius 2 is 2.32 bits per heavy atom. The Morgan fingerprint density at radius 3 is 3.16 bits per heavy atom. The van der Waals surface area contributed by atoms with Crippen LogP contribution in [0.15, 0.2) is 24.5 Å². The van der Waals surface area contributed by atoms with Gasteiger partial charge in [-0.1, -0.05) is 6.07 Å². The molecule has 0 fully saturated rings. The van der Waals surface area contributed by atoms with E-state index in [2.05, 4.69) is 16.1 Å². The number of hydrogen-bond donors (Lipinski definition) is 0. The molecule has 1 aliphatic rings. The Morgan fingerprint density at radius 1 is 1.42 bits per heavy atom. The summed E-state index contributed by atoms with van der Waals surface area (Å²) < 4.78 is 6.55. The van der Waals surface area contributed by atoms with Crippen molar-refractivity contribution in [1.29, 1.82) is 0 Å². The first-order valence-corrected chi connectivity index (χ1v) is 6.49. The Hall–Kier alpha value is -2.17. The molecule has 5 heteroatoms. The van der Waals surface area contributed by atoms with Gasteiger partial charge in [-0.15, -0.1) is 0 Å². The molecule has 0 aliphatic heterocycles. The molecule has 0 saturated heterocycles. The molecule has 0 N–H and O–H groups in total. The van der Waals surface area contributed by atoms with Crippen molar-refractivity contribution in [2.75, 3.05) is 6.61 Å². The van der Waals surface area contributed by atoms with Gasteiger partial charge in [0.25, 0.3) is 0 Å². The van der Waals surface area contributed by atoms with E-state index >= 15 is 0 Å². The maximum Gasteiger partial charge on any atom is 0.341 e. The minimum absolute atomic E-state index is 0.352. The first-order chi connectivity index (χ1) is 9.28. The first kappa shape index (κ1) is 11.9. The van der Waals surface area contributed by atoms with Crippen molar-refractivity contribution in [3.63, 3.8) is 0 Å². The smallest absolute Gasteiger partial charge is 0.341 e. The fourth-order valence-electron chi connectivity index (χ4n) is 2.30. The molecule has 1 aliphatic carbocycles. The zero-order chi connectivity index (χ0) is 13.2. The van der Waals surface area contributed by atoms with Gasteiger partial charge in [-0.05, 0) is 37.8 Å². The largest absolute Gasteiger partial charge is 0.462 e. The SMILES string of the molecule is CCOC(=O)c1cnn(-c2ccc3c(n2)CCC3)c1. The molecule has 0 aromatic carbocycles. The molecule has 0 amide bonds. The fourth-order valence-corrected chi connectivity index (χ4v) is 2.30. The number of fused-ring (bicyclic) bond motifs is 1. The Bertz CT molecular complexity index is 619. The van der Waals surface area contributed by atoms with E-state index in [4.69, 9.17) is 4.74 Å². The Kier molecular flexibility index (Phi) is 3.03. The lowest BCUT2D eigenvalue weighted by Crippen LogP contribution is -2.04. The summed E-state index contributed by atoms with van der Waals surface area (Å²) in [5, 5.41) is 4.17. The Balaban J connectivity index is 1.88. The lowest BCUT2D eigenvalue weighted by molar-refractivity contribution is 0.0526. The fraction of sp³-hybridized carbons (Fsp3) is 0.357. The van der Waals surface area contributed by atoms with Crippen LogP contribution in [0.1, 0.15) is 35.0 Å². The average Bonchev–Trinajstić information content (AvgIpc) is 3.07. The highest BCUT2D eigenvalue weighted by Crippen LogP contribution is 2.21. The number of rotatable bonds is 3. The van der Waals surface area contributed by atoms with Crippen molar-refractivity contribution in [3.05, 3.63) is 41.3 Å². The summed E-state index contributed by atoms with van der Waals surface area (Å²) in [6.07, 6.45) is 6.46. The quantitative estimate of drug-likeness (QED) is 0.788. The molecule has 0 bridgehead atoms. The predicted octanol–water partition coefficient (Wildman–Crippen LogP) is 1.93. The number of ether oxygens (including phenoxy) is 1. The molecule has 2 heterocycles. The monoisotopic (exact) mass is 257 g/mol. The van der Waals surface area contributed by atoms with Crippen LogP contribution in [0.3, 0.4) is 0 Å². The van der Waals surface area contributed by atoms with E-state index in [0.717, 1.165) is 24.4 Å². The van der Waals surface area contributed by atoms with Gasteiger partial charge in [0, 0.05) is 11.9 Å². The van der Waals surface area contributed by atoms with Gasteiger partial charge in [0.15, 0.2) is 5.82 Å². The third kappa shape index (κ3) is 2.23. The third-order valence-corrected chi connectivity index (χ3v) is 3.24. The van der Waals surface area contributed by atoms with Gasteiger partial charge in [-0.2, -0.15) is 5.10 Å². The van der Waals surface area contributed by atoms with E-state index in [0.29, 0.717) is 12.2 Å². The van der Waals surface area contributed by atoms with E-state index in [1.54, 1.807) is 17.8 Å². The summed E-state index contributed by atoms with van der Waals surface area (Å²) in [5.41, 5.74) is 2.91. The van der Waals surface area contributed by atoms with Gasteiger partial charge in [-0.25, -0.2) is 14.5 Å². The minimum Gasteiger partial charge on any atom is -0.462 e. The average molecular weight is 257 g/mol. The number of hydrogen-bond acceptors (Lipinski definition) is 4. The highest BCUT2D eigenvalue weighted by atomic mass is 16.5. The van der Waals surface area contributed by atoms with Crippen molar-refractivity contribution in [2.45, 2.75) is 26.2 Å².